The van der Waals surface area contributed by atoms with Crippen LogP contribution in [0.15, 0.2) is 0 Å². The number of likely N-dealkylation sites (N-methyl/N-ethyl adjacent to an activating group) is 1. The molecule has 1 heterocycles. The van der Waals surface area contributed by atoms with Gasteiger partial charge >= 0.3 is 0 Å². The van der Waals surface area contributed by atoms with E-state index >= 15 is 0 Å². The van der Waals surface area contributed by atoms with Gasteiger partial charge in [0.1, 0.15) is 17.5 Å². The van der Waals surface area contributed by atoms with Crippen molar-refractivity contribution in [3.8, 4) is 0 Å². The topological polar surface area (TPSA) is 76.3 Å². The number of hydrogen-bond acceptors (Lipinski definition) is 6. The molecule has 0 aliphatic heterocycles. The summed E-state index contributed by atoms with van der Waals surface area (Å²) in [4.78, 5) is 10.8. The molecule has 0 radical (unpaired) electrons. The average molecular weight is 265 g/mol. The van der Waals surface area contributed by atoms with Crippen LogP contribution in [0.4, 0.5) is 11.6 Å². The lowest BCUT2D eigenvalue weighted by atomic mass is 10.3. The van der Waals surface area contributed by atoms with Gasteiger partial charge < -0.3 is 15.1 Å². The van der Waals surface area contributed by atoms with E-state index in [0.29, 0.717) is 11.6 Å². The summed E-state index contributed by atoms with van der Waals surface area (Å²) in [6.07, 6.45) is 2.65. The normalized spacial score (nSPS) is 14.5. The van der Waals surface area contributed by atoms with Crippen molar-refractivity contribution in [2.45, 2.75) is 26.7 Å². The number of ether oxygens (including phenoxy) is 1. The Labute approximate surface area is 114 Å². The largest absolute Gasteiger partial charge is 0.379 e. The van der Waals surface area contributed by atoms with Gasteiger partial charge in [-0.15, -0.1) is 0 Å². The second-order valence-corrected chi connectivity index (χ2v) is 5.15. The molecule has 6 nitrogen and oxygen atoms in total. The van der Waals surface area contributed by atoms with Gasteiger partial charge in [-0.2, -0.15) is 0 Å². The standard InChI is InChI=1S/C13H23N5O/c1-9-12(17-14)15-10(2)16-13(9)18(3)6-7-19-8-11-4-5-11/h11H,4-8,14H2,1-3H3,(H,15,16,17). The molecule has 2 rings (SSSR count). The smallest absolute Gasteiger partial charge is 0.148 e. The molecule has 0 saturated heterocycles. The number of hydrogen-bond donors (Lipinski definition) is 2. The van der Waals surface area contributed by atoms with Gasteiger partial charge in [0.25, 0.3) is 0 Å². The average Bonchev–Trinajstić information content (AvgIpc) is 3.20. The Morgan fingerprint density at radius 2 is 2.11 bits per heavy atom. The highest BCUT2D eigenvalue weighted by atomic mass is 16.5. The third-order valence-corrected chi connectivity index (χ3v) is 3.35. The van der Waals surface area contributed by atoms with Crippen LogP contribution >= 0.6 is 0 Å². The van der Waals surface area contributed by atoms with E-state index in [1.54, 1.807) is 0 Å². The molecule has 6 heteroatoms. The summed E-state index contributed by atoms with van der Waals surface area (Å²) in [5.74, 6) is 8.55. The van der Waals surface area contributed by atoms with Crippen LogP contribution in [0.25, 0.3) is 0 Å². The lowest BCUT2D eigenvalue weighted by molar-refractivity contribution is 0.130. The molecule has 1 fully saturated rings. The quantitative estimate of drug-likeness (QED) is 0.439. The third kappa shape index (κ3) is 3.78. The van der Waals surface area contributed by atoms with E-state index in [1.807, 2.05) is 20.9 Å². The van der Waals surface area contributed by atoms with E-state index in [1.165, 1.54) is 12.8 Å². The Kier molecular flexibility index (Phi) is 4.55. The lowest BCUT2D eigenvalue weighted by Gasteiger charge is -2.21. The minimum atomic E-state index is 0.674. The minimum absolute atomic E-state index is 0.674. The number of nitrogens with two attached hydrogens (primary N) is 1. The van der Waals surface area contributed by atoms with Crippen LogP contribution in [0.5, 0.6) is 0 Å². The van der Waals surface area contributed by atoms with Crippen molar-refractivity contribution >= 4 is 11.6 Å². The van der Waals surface area contributed by atoms with Crippen molar-refractivity contribution in [2.24, 2.45) is 11.8 Å². The molecule has 3 N–H and O–H groups in total. The van der Waals surface area contributed by atoms with E-state index in [4.69, 9.17) is 10.6 Å². The first-order chi connectivity index (χ1) is 9.11. The maximum Gasteiger partial charge on any atom is 0.148 e. The fourth-order valence-electron chi connectivity index (χ4n) is 1.97. The van der Waals surface area contributed by atoms with Crippen molar-refractivity contribution in [3.63, 3.8) is 0 Å². The number of rotatable bonds is 7. The lowest BCUT2D eigenvalue weighted by Crippen LogP contribution is -2.26. The number of aromatic nitrogens is 2. The fraction of sp³-hybridized carbons (Fsp3) is 0.692. The summed E-state index contributed by atoms with van der Waals surface area (Å²) in [5, 5.41) is 0. The number of anilines is 2. The molecule has 19 heavy (non-hydrogen) atoms. The summed E-state index contributed by atoms with van der Waals surface area (Å²) in [6, 6.07) is 0. The highest BCUT2D eigenvalue weighted by Crippen LogP contribution is 2.28. The second-order valence-electron chi connectivity index (χ2n) is 5.15. The van der Waals surface area contributed by atoms with Crippen LogP contribution in [0.1, 0.15) is 24.2 Å². The molecular weight excluding hydrogens is 242 g/mol. The van der Waals surface area contributed by atoms with E-state index < -0.39 is 0 Å². The monoisotopic (exact) mass is 265 g/mol. The first-order valence-corrected chi connectivity index (χ1v) is 6.72. The Bertz CT molecular complexity index is 433. The molecule has 0 aromatic carbocycles. The summed E-state index contributed by atoms with van der Waals surface area (Å²) >= 11 is 0. The Balaban J connectivity index is 1.92. The van der Waals surface area contributed by atoms with Gasteiger partial charge in [0.2, 0.25) is 0 Å². The molecule has 0 atom stereocenters. The highest BCUT2D eigenvalue weighted by molar-refractivity contribution is 5.57. The van der Waals surface area contributed by atoms with Crippen molar-refractivity contribution in [1.29, 1.82) is 0 Å². The van der Waals surface area contributed by atoms with E-state index in [9.17, 15) is 0 Å². The van der Waals surface area contributed by atoms with Gasteiger partial charge in [-0.1, -0.05) is 0 Å². The summed E-state index contributed by atoms with van der Waals surface area (Å²) < 4.78 is 5.65. The van der Waals surface area contributed by atoms with Crippen molar-refractivity contribution in [1.82, 2.24) is 9.97 Å². The summed E-state index contributed by atoms with van der Waals surface area (Å²) in [6.45, 7) is 6.26. The molecule has 1 aromatic heterocycles. The van der Waals surface area contributed by atoms with Crippen LogP contribution in [0, 0.1) is 19.8 Å². The van der Waals surface area contributed by atoms with Gasteiger partial charge in [0, 0.05) is 25.8 Å². The maximum atomic E-state index is 5.65. The number of nitrogens with zero attached hydrogens (tertiary/aromatic N) is 3. The Hall–Kier alpha value is -1.40. The number of hydrazine groups is 1. The van der Waals surface area contributed by atoms with E-state index in [-0.39, 0.29) is 0 Å². The van der Waals surface area contributed by atoms with Gasteiger partial charge in [-0.05, 0) is 32.6 Å². The van der Waals surface area contributed by atoms with Crippen LogP contribution < -0.4 is 16.2 Å². The molecule has 0 bridgehead atoms. The molecule has 0 amide bonds. The summed E-state index contributed by atoms with van der Waals surface area (Å²) in [5.41, 5.74) is 3.57. The molecule has 1 aliphatic carbocycles. The minimum Gasteiger partial charge on any atom is -0.379 e. The highest BCUT2D eigenvalue weighted by Gasteiger charge is 2.21. The van der Waals surface area contributed by atoms with Gasteiger partial charge in [0.15, 0.2) is 0 Å². The van der Waals surface area contributed by atoms with Gasteiger partial charge in [0.05, 0.1) is 6.61 Å². The third-order valence-electron chi connectivity index (χ3n) is 3.35. The molecule has 1 aromatic rings. The molecule has 0 unspecified atom stereocenters. The fourth-order valence-corrected chi connectivity index (χ4v) is 1.97. The van der Waals surface area contributed by atoms with Gasteiger partial charge in [-0.25, -0.2) is 15.8 Å². The van der Waals surface area contributed by atoms with Crippen molar-refractivity contribution < 1.29 is 4.74 Å². The molecule has 1 saturated carbocycles. The van der Waals surface area contributed by atoms with Crippen LogP contribution in [-0.2, 0) is 4.74 Å². The van der Waals surface area contributed by atoms with Crippen LogP contribution in [0.2, 0.25) is 0 Å². The number of nitrogen functional groups attached to an aromatic ring is 1. The second kappa shape index (κ2) is 6.16. The molecule has 1 aliphatic rings. The zero-order valence-electron chi connectivity index (χ0n) is 11.9. The molecular formula is C13H23N5O. The Morgan fingerprint density at radius 3 is 2.74 bits per heavy atom. The zero-order chi connectivity index (χ0) is 13.8. The summed E-state index contributed by atoms with van der Waals surface area (Å²) in [7, 11) is 2.01. The first kappa shape index (κ1) is 14.0. The predicted molar refractivity (Wildman–Crippen MR) is 76.1 cm³/mol. The van der Waals surface area contributed by atoms with Crippen LogP contribution in [0.3, 0.4) is 0 Å². The van der Waals surface area contributed by atoms with Gasteiger partial charge in [-0.3, -0.25) is 0 Å². The van der Waals surface area contributed by atoms with Crippen LogP contribution in [-0.4, -0.2) is 36.8 Å². The predicted octanol–water partition coefficient (Wildman–Crippen LogP) is 1.24. The first-order valence-electron chi connectivity index (χ1n) is 6.72. The Morgan fingerprint density at radius 1 is 1.37 bits per heavy atom. The zero-order valence-corrected chi connectivity index (χ0v) is 11.9. The SMILES string of the molecule is Cc1nc(NN)c(C)c(N(C)CCOCC2CC2)n1. The molecule has 0 spiro atoms. The molecule has 106 valence electrons. The van der Waals surface area contributed by atoms with Crippen molar-refractivity contribution in [2.75, 3.05) is 37.1 Å². The van der Waals surface area contributed by atoms with E-state index in [0.717, 1.165) is 37.1 Å². The van der Waals surface area contributed by atoms with Crippen molar-refractivity contribution in [3.05, 3.63) is 11.4 Å². The maximum absolute atomic E-state index is 5.65. The van der Waals surface area contributed by atoms with E-state index in [2.05, 4.69) is 20.3 Å². The number of nitrogens with one attached hydrogen (secondary N) is 1. The number of aryl methyl sites for hydroxylation is 1.